The normalized spacial score (nSPS) is 16.1. The Hall–Kier alpha value is -2.54. The van der Waals surface area contributed by atoms with Gasteiger partial charge in [0.1, 0.15) is 0 Å². The second kappa shape index (κ2) is 9.31. The Morgan fingerprint density at radius 3 is 2.62 bits per heavy atom. The molecule has 1 aliphatic rings. The molecule has 1 fully saturated rings. The number of ether oxygens (including phenoxy) is 2. The van der Waals surface area contributed by atoms with Gasteiger partial charge in [-0.15, -0.1) is 0 Å². The number of hydrogen-bond acceptors (Lipinski definition) is 4. The maximum atomic E-state index is 12.6. The molecule has 1 N–H and O–H groups in total. The van der Waals surface area contributed by atoms with Crippen molar-refractivity contribution in [3.63, 3.8) is 0 Å². The third kappa shape index (κ3) is 4.90. The van der Waals surface area contributed by atoms with Crippen molar-refractivity contribution in [2.24, 2.45) is 5.92 Å². The van der Waals surface area contributed by atoms with Gasteiger partial charge >= 0.3 is 0 Å². The fourth-order valence-electron chi connectivity index (χ4n) is 3.44. The number of halogens is 1. The number of anilines is 1. The SMILES string of the molecule is COc1ccc(CCNC(=O)C2CC(=O)N(c3ccc(Br)c(C)c3)C2)cc1OC. The van der Waals surface area contributed by atoms with Crippen LogP contribution >= 0.6 is 15.9 Å². The van der Waals surface area contributed by atoms with Crippen molar-refractivity contribution in [3.05, 3.63) is 52.0 Å². The first-order valence-corrected chi connectivity index (χ1v) is 10.3. The summed E-state index contributed by atoms with van der Waals surface area (Å²) in [6.45, 7) is 2.88. The Kier molecular flexibility index (Phi) is 6.79. The van der Waals surface area contributed by atoms with E-state index < -0.39 is 0 Å². The summed E-state index contributed by atoms with van der Waals surface area (Å²) in [6.07, 6.45) is 0.902. The zero-order chi connectivity index (χ0) is 21.0. The molecule has 1 saturated heterocycles. The predicted octanol–water partition coefficient (Wildman–Crippen LogP) is 3.49. The molecule has 2 aromatic rings. The summed E-state index contributed by atoms with van der Waals surface area (Å²) in [5.74, 6) is 0.893. The van der Waals surface area contributed by atoms with Gasteiger partial charge in [-0.2, -0.15) is 0 Å². The molecule has 154 valence electrons. The Morgan fingerprint density at radius 2 is 1.93 bits per heavy atom. The smallest absolute Gasteiger partial charge is 0.227 e. The first-order chi connectivity index (χ1) is 13.9. The fourth-order valence-corrected chi connectivity index (χ4v) is 3.69. The van der Waals surface area contributed by atoms with Gasteiger partial charge in [-0.25, -0.2) is 0 Å². The van der Waals surface area contributed by atoms with Crippen LogP contribution in [0, 0.1) is 12.8 Å². The summed E-state index contributed by atoms with van der Waals surface area (Å²) in [6, 6.07) is 11.5. The lowest BCUT2D eigenvalue weighted by Gasteiger charge is -2.18. The molecule has 0 saturated carbocycles. The van der Waals surface area contributed by atoms with Crippen molar-refractivity contribution in [3.8, 4) is 11.5 Å². The number of hydrogen-bond donors (Lipinski definition) is 1. The average molecular weight is 461 g/mol. The molecular formula is C22H25BrN2O4. The molecule has 0 radical (unpaired) electrons. The van der Waals surface area contributed by atoms with Gasteiger partial charge in [0, 0.05) is 29.7 Å². The van der Waals surface area contributed by atoms with E-state index in [0.29, 0.717) is 31.0 Å². The first kappa shape index (κ1) is 21.2. The van der Waals surface area contributed by atoms with Gasteiger partial charge in [0.25, 0.3) is 0 Å². The molecule has 0 aromatic heterocycles. The molecule has 1 heterocycles. The molecule has 6 nitrogen and oxygen atoms in total. The van der Waals surface area contributed by atoms with Gasteiger partial charge in [-0.05, 0) is 54.8 Å². The van der Waals surface area contributed by atoms with Gasteiger partial charge in [-0.1, -0.05) is 22.0 Å². The Bertz CT molecular complexity index is 916. The van der Waals surface area contributed by atoms with Crippen LogP contribution in [0.4, 0.5) is 5.69 Å². The van der Waals surface area contributed by atoms with Crippen molar-refractivity contribution < 1.29 is 19.1 Å². The van der Waals surface area contributed by atoms with Crippen LogP contribution in [0.3, 0.4) is 0 Å². The molecule has 1 unspecified atom stereocenters. The van der Waals surface area contributed by atoms with Crippen molar-refractivity contribution in [2.75, 3.05) is 32.2 Å². The van der Waals surface area contributed by atoms with E-state index in [2.05, 4.69) is 21.2 Å². The van der Waals surface area contributed by atoms with E-state index >= 15 is 0 Å². The number of carbonyl (C=O) groups is 2. The van der Waals surface area contributed by atoms with E-state index in [1.165, 1.54) is 0 Å². The number of rotatable bonds is 7. The van der Waals surface area contributed by atoms with Crippen molar-refractivity contribution >= 4 is 33.4 Å². The van der Waals surface area contributed by atoms with E-state index in [4.69, 9.17) is 9.47 Å². The van der Waals surface area contributed by atoms with E-state index in [-0.39, 0.29) is 24.2 Å². The average Bonchev–Trinajstić information content (AvgIpc) is 3.11. The Labute approximate surface area is 179 Å². The van der Waals surface area contributed by atoms with Crippen LogP contribution in [0.15, 0.2) is 40.9 Å². The third-order valence-electron chi connectivity index (χ3n) is 5.11. The zero-order valence-electron chi connectivity index (χ0n) is 16.8. The zero-order valence-corrected chi connectivity index (χ0v) is 18.4. The van der Waals surface area contributed by atoms with Gasteiger partial charge < -0.3 is 19.7 Å². The minimum atomic E-state index is -0.336. The Morgan fingerprint density at radius 1 is 1.17 bits per heavy atom. The number of nitrogens with one attached hydrogen (secondary N) is 1. The molecule has 0 spiro atoms. The molecule has 2 aromatic carbocycles. The number of carbonyl (C=O) groups excluding carboxylic acids is 2. The molecule has 0 bridgehead atoms. The Balaban J connectivity index is 1.55. The summed E-state index contributed by atoms with van der Waals surface area (Å²) >= 11 is 3.47. The van der Waals surface area contributed by atoms with Crippen LogP contribution in [-0.4, -0.2) is 39.1 Å². The highest BCUT2D eigenvalue weighted by Gasteiger charge is 2.35. The standard InChI is InChI=1S/C22H25BrN2O4/c1-14-10-17(5-6-18(14)23)25-13-16(12-21(25)26)22(27)24-9-8-15-4-7-19(28-2)20(11-15)29-3/h4-7,10-11,16H,8-9,12-13H2,1-3H3,(H,24,27). The maximum Gasteiger partial charge on any atom is 0.227 e. The number of nitrogens with zero attached hydrogens (tertiary/aromatic N) is 1. The number of aryl methyl sites for hydroxylation is 1. The summed E-state index contributed by atoms with van der Waals surface area (Å²) in [5.41, 5.74) is 2.92. The highest BCUT2D eigenvalue weighted by Crippen LogP contribution is 2.29. The lowest BCUT2D eigenvalue weighted by atomic mass is 10.1. The molecule has 29 heavy (non-hydrogen) atoms. The van der Waals surface area contributed by atoms with Crippen molar-refractivity contribution in [1.29, 1.82) is 0 Å². The fraction of sp³-hybridized carbons (Fsp3) is 0.364. The minimum absolute atomic E-state index is 0.0215. The second-order valence-corrected chi connectivity index (χ2v) is 7.92. The molecule has 2 amide bonds. The van der Waals surface area contributed by atoms with E-state index in [0.717, 1.165) is 21.3 Å². The number of amides is 2. The van der Waals surface area contributed by atoms with Crippen LogP contribution in [0.1, 0.15) is 17.5 Å². The summed E-state index contributed by atoms with van der Waals surface area (Å²) < 4.78 is 11.5. The van der Waals surface area contributed by atoms with E-state index in [9.17, 15) is 9.59 Å². The molecule has 3 rings (SSSR count). The van der Waals surface area contributed by atoms with Crippen LogP contribution < -0.4 is 19.7 Å². The van der Waals surface area contributed by atoms with Gasteiger partial charge in [0.05, 0.1) is 20.1 Å². The number of benzene rings is 2. The third-order valence-corrected chi connectivity index (χ3v) is 6.00. The first-order valence-electron chi connectivity index (χ1n) is 9.48. The van der Waals surface area contributed by atoms with Crippen LogP contribution in [0.5, 0.6) is 11.5 Å². The van der Waals surface area contributed by atoms with Crippen molar-refractivity contribution in [2.45, 2.75) is 19.8 Å². The van der Waals surface area contributed by atoms with Crippen LogP contribution in [0.2, 0.25) is 0 Å². The predicted molar refractivity (Wildman–Crippen MR) is 116 cm³/mol. The molecule has 1 atom stereocenters. The van der Waals surface area contributed by atoms with E-state index in [1.807, 2.05) is 43.3 Å². The van der Waals surface area contributed by atoms with Crippen LogP contribution in [-0.2, 0) is 16.0 Å². The summed E-state index contributed by atoms with van der Waals surface area (Å²) in [4.78, 5) is 26.7. The van der Waals surface area contributed by atoms with E-state index in [1.54, 1.807) is 19.1 Å². The maximum absolute atomic E-state index is 12.6. The topological polar surface area (TPSA) is 67.9 Å². The van der Waals surface area contributed by atoms with Gasteiger partial charge in [-0.3, -0.25) is 9.59 Å². The molecule has 0 aliphatic carbocycles. The lowest BCUT2D eigenvalue weighted by molar-refractivity contribution is -0.126. The highest BCUT2D eigenvalue weighted by molar-refractivity contribution is 9.10. The molecule has 7 heteroatoms. The van der Waals surface area contributed by atoms with Crippen molar-refractivity contribution in [1.82, 2.24) is 5.32 Å². The van der Waals surface area contributed by atoms with Crippen LogP contribution in [0.25, 0.3) is 0 Å². The minimum Gasteiger partial charge on any atom is -0.493 e. The summed E-state index contributed by atoms with van der Waals surface area (Å²) in [5, 5.41) is 2.95. The quantitative estimate of drug-likeness (QED) is 0.686. The largest absolute Gasteiger partial charge is 0.493 e. The molecule has 1 aliphatic heterocycles. The summed E-state index contributed by atoms with van der Waals surface area (Å²) in [7, 11) is 3.19. The number of methoxy groups -OCH3 is 2. The monoisotopic (exact) mass is 460 g/mol. The lowest BCUT2D eigenvalue weighted by Crippen LogP contribution is -2.34. The second-order valence-electron chi connectivity index (χ2n) is 7.07. The highest BCUT2D eigenvalue weighted by atomic mass is 79.9. The van der Waals surface area contributed by atoms with Gasteiger partial charge in [0.15, 0.2) is 11.5 Å². The molecular weight excluding hydrogens is 436 g/mol. The van der Waals surface area contributed by atoms with Gasteiger partial charge in [0.2, 0.25) is 11.8 Å².